The first-order valence-corrected chi connectivity index (χ1v) is 13.7. The van der Waals surface area contributed by atoms with Crippen molar-refractivity contribution in [1.82, 2.24) is 0 Å². The Kier molecular flexibility index (Phi) is 18.3. The number of nitrogens with zero attached hydrogens (tertiary/aromatic N) is 1. The highest BCUT2D eigenvalue weighted by Crippen LogP contribution is 2.22. The molecule has 35 heavy (non-hydrogen) atoms. The summed E-state index contributed by atoms with van der Waals surface area (Å²) in [7, 11) is 0. The van der Waals surface area contributed by atoms with Crippen molar-refractivity contribution in [3.05, 3.63) is 12.2 Å². The molecular formula is C28H51NO6. The van der Waals surface area contributed by atoms with Gasteiger partial charge < -0.3 is 24.6 Å². The third-order valence-electron chi connectivity index (χ3n) is 6.87. The summed E-state index contributed by atoms with van der Waals surface area (Å²) < 4.78 is 0.182. The zero-order chi connectivity index (χ0) is 26.7. The maximum atomic E-state index is 11.6. The minimum Gasteiger partial charge on any atom is -0.550 e. The summed E-state index contributed by atoms with van der Waals surface area (Å²) in [6, 6.07) is 0. The third-order valence-corrected chi connectivity index (χ3v) is 6.87. The van der Waals surface area contributed by atoms with Crippen LogP contribution >= 0.6 is 0 Å². The Hall–Kier alpha value is -1.89. The van der Waals surface area contributed by atoms with Crippen molar-refractivity contribution in [2.45, 2.75) is 105 Å². The number of aliphatic carboxylic acids is 3. The van der Waals surface area contributed by atoms with Crippen LogP contribution in [0.2, 0.25) is 0 Å². The molecule has 0 saturated carbocycles. The SMILES string of the molecule is CCCC/C=C/CCCCCCCCCC[N+](CC(C)C(=O)[O-])(CC(C)C(=O)O)CC(C)C(=O)O. The zero-order valence-corrected chi connectivity index (χ0v) is 22.7. The van der Waals surface area contributed by atoms with Gasteiger partial charge in [0.25, 0.3) is 0 Å². The number of carboxylic acids is 3. The van der Waals surface area contributed by atoms with Gasteiger partial charge in [-0.05, 0) is 46.0 Å². The lowest BCUT2D eigenvalue weighted by Gasteiger charge is -2.43. The van der Waals surface area contributed by atoms with E-state index in [0.717, 1.165) is 32.1 Å². The van der Waals surface area contributed by atoms with Gasteiger partial charge in [-0.15, -0.1) is 0 Å². The topological polar surface area (TPSA) is 115 Å². The Labute approximate surface area is 213 Å². The van der Waals surface area contributed by atoms with Gasteiger partial charge in [-0.3, -0.25) is 9.59 Å². The van der Waals surface area contributed by atoms with Crippen LogP contribution in [-0.2, 0) is 14.4 Å². The molecule has 7 heteroatoms. The fourth-order valence-electron chi connectivity index (χ4n) is 4.80. The summed E-state index contributed by atoms with van der Waals surface area (Å²) in [6.45, 7) is 8.18. The smallest absolute Gasteiger partial charge is 0.311 e. The van der Waals surface area contributed by atoms with Gasteiger partial charge in [0, 0.05) is 11.9 Å². The van der Waals surface area contributed by atoms with Gasteiger partial charge in [-0.1, -0.05) is 70.9 Å². The maximum Gasteiger partial charge on any atom is 0.311 e. The van der Waals surface area contributed by atoms with Crippen LogP contribution in [0.5, 0.6) is 0 Å². The first kappa shape index (κ1) is 33.1. The molecule has 0 spiro atoms. The lowest BCUT2D eigenvalue weighted by molar-refractivity contribution is -0.934. The summed E-state index contributed by atoms with van der Waals surface area (Å²) in [4.78, 5) is 34.6. The standard InChI is InChI=1S/C28H51NO6/c1-5-6-7-8-9-10-11-12-13-14-15-16-17-18-19-29(20-23(2)26(30)31,21-24(3)27(32)33)22-25(4)28(34)35/h8-9,23-25H,5-7,10-22H2,1-4H3,(H2-,30,31,32,33,34,35)/b9-8+. The molecule has 7 nitrogen and oxygen atoms in total. The molecule has 0 heterocycles. The van der Waals surface area contributed by atoms with Crippen LogP contribution in [0.1, 0.15) is 105 Å². The van der Waals surface area contributed by atoms with Gasteiger partial charge in [-0.25, -0.2) is 0 Å². The summed E-state index contributed by atoms with van der Waals surface area (Å²) in [6.07, 6.45) is 18.4. The summed E-state index contributed by atoms with van der Waals surface area (Å²) in [5.41, 5.74) is 0. The maximum absolute atomic E-state index is 11.6. The van der Waals surface area contributed by atoms with E-state index in [1.807, 2.05) is 0 Å². The molecule has 0 aromatic rings. The van der Waals surface area contributed by atoms with Crippen LogP contribution in [0.15, 0.2) is 12.2 Å². The molecule has 0 bridgehead atoms. The van der Waals surface area contributed by atoms with Crippen LogP contribution in [0.25, 0.3) is 0 Å². The molecule has 3 atom stereocenters. The molecule has 0 saturated heterocycles. The molecule has 0 aliphatic rings. The van der Waals surface area contributed by atoms with Gasteiger partial charge in [0.15, 0.2) is 0 Å². The molecule has 0 aliphatic carbocycles. The highest BCUT2D eigenvalue weighted by Gasteiger charge is 2.36. The number of hydrogen-bond donors (Lipinski definition) is 2. The van der Waals surface area contributed by atoms with E-state index in [0.29, 0.717) is 6.54 Å². The van der Waals surface area contributed by atoms with Crippen molar-refractivity contribution >= 4 is 17.9 Å². The summed E-state index contributed by atoms with van der Waals surface area (Å²) >= 11 is 0. The van der Waals surface area contributed by atoms with Gasteiger partial charge in [0.05, 0.1) is 26.2 Å². The van der Waals surface area contributed by atoms with Gasteiger partial charge in [0.1, 0.15) is 11.8 Å². The molecular weight excluding hydrogens is 446 g/mol. The second-order valence-electron chi connectivity index (χ2n) is 10.5. The van der Waals surface area contributed by atoms with Crippen molar-refractivity contribution in [3.8, 4) is 0 Å². The number of unbranched alkanes of at least 4 members (excludes halogenated alkanes) is 10. The van der Waals surface area contributed by atoms with Crippen LogP contribution in [-0.4, -0.2) is 58.8 Å². The van der Waals surface area contributed by atoms with Crippen molar-refractivity contribution in [3.63, 3.8) is 0 Å². The van der Waals surface area contributed by atoms with E-state index in [9.17, 15) is 29.7 Å². The molecule has 204 valence electrons. The van der Waals surface area contributed by atoms with Gasteiger partial charge in [-0.2, -0.15) is 0 Å². The van der Waals surface area contributed by atoms with E-state index in [2.05, 4.69) is 19.1 Å². The predicted octanol–water partition coefficient (Wildman–Crippen LogP) is 4.89. The van der Waals surface area contributed by atoms with E-state index in [1.54, 1.807) is 20.8 Å². The van der Waals surface area contributed by atoms with Crippen molar-refractivity contribution in [1.29, 1.82) is 0 Å². The molecule has 0 amide bonds. The highest BCUT2D eigenvalue weighted by atomic mass is 16.4. The first-order valence-electron chi connectivity index (χ1n) is 13.7. The van der Waals surface area contributed by atoms with E-state index in [4.69, 9.17) is 0 Å². The number of rotatable bonds is 23. The molecule has 0 rings (SSSR count). The quantitative estimate of drug-likeness (QED) is 0.118. The van der Waals surface area contributed by atoms with Crippen molar-refractivity contribution in [2.75, 3.05) is 26.2 Å². The molecule has 0 radical (unpaired) electrons. The molecule has 0 fully saturated rings. The average Bonchev–Trinajstić information content (AvgIpc) is 2.78. The molecule has 0 aliphatic heterocycles. The van der Waals surface area contributed by atoms with E-state index < -0.39 is 35.7 Å². The van der Waals surface area contributed by atoms with Crippen LogP contribution in [0.3, 0.4) is 0 Å². The summed E-state index contributed by atoms with van der Waals surface area (Å²) in [5.74, 6) is -5.24. The lowest BCUT2D eigenvalue weighted by Crippen LogP contribution is -2.58. The van der Waals surface area contributed by atoms with Gasteiger partial charge in [0.2, 0.25) is 0 Å². The zero-order valence-electron chi connectivity index (χ0n) is 22.7. The average molecular weight is 498 g/mol. The Balaban J connectivity index is 4.67. The van der Waals surface area contributed by atoms with Crippen LogP contribution in [0, 0.1) is 17.8 Å². The van der Waals surface area contributed by atoms with Crippen LogP contribution < -0.4 is 5.11 Å². The Morgan fingerprint density at radius 2 is 1.09 bits per heavy atom. The fourth-order valence-corrected chi connectivity index (χ4v) is 4.80. The Morgan fingerprint density at radius 3 is 1.51 bits per heavy atom. The van der Waals surface area contributed by atoms with Gasteiger partial charge >= 0.3 is 11.9 Å². The first-order chi connectivity index (χ1) is 16.5. The fraction of sp³-hybridized carbons (Fsp3) is 0.821. The molecule has 2 N–H and O–H groups in total. The minimum absolute atomic E-state index is 0.182. The number of allylic oxidation sites excluding steroid dienone is 2. The highest BCUT2D eigenvalue weighted by molar-refractivity contribution is 5.70. The Bertz CT molecular complexity index is 578. The second kappa shape index (κ2) is 19.3. The largest absolute Gasteiger partial charge is 0.550 e. The third kappa shape index (κ3) is 16.4. The van der Waals surface area contributed by atoms with Crippen LogP contribution in [0.4, 0.5) is 0 Å². The van der Waals surface area contributed by atoms with E-state index in [-0.39, 0.29) is 24.1 Å². The summed E-state index contributed by atoms with van der Waals surface area (Å²) in [5, 5.41) is 30.4. The number of carboxylic acid groups (broad SMARTS) is 3. The number of carbonyl (C=O) groups excluding carboxylic acids is 1. The normalized spacial score (nSPS) is 16.0. The van der Waals surface area contributed by atoms with Crippen molar-refractivity contribution in [2.24, 2.45) is 17.8 Å². The molecule has 0 aromatic heterocycles. The van der Waals surface area contributed by atoms with E-state index in [1.165, 1.54) is 44.9 Å². The minimum atomic E-state index is -1.19. The molecule has 0 aromatic carbocycles. The van der Waals surface area contributed by atoms with Crippen molar-refractivity contribution < 1.29 is 34.2 Å². The lowest BCUT2D eigenvalue weighted by atomic mass is 10.00. The van der Waals surface area contributed by atoms with E-state index >= 15 is 0 Å². The second-order valence-corrected chi connectivity index (χ2v) is 10.5. The predicted molar refractivity (Wildman–Crippen MR) is 138 cm³/mol. The number of carbonyl (C=O) groups is 3. The molecule has 3 unspecified atom stereocenters. The number of hydrogen-bond acceptors (Lipinski definition) is 4. The Morgan fingerprint density at radius 1 is 0.686 bits per heavy atom. The monoisotopic (exact) mass is 497 g/mol. The number of quaternary nitrogens is 1.